The summed E-state index contributed by atoms with van der Waals surface area (Å²) in [4.78, 5) is 4.37. The lowest BCUT2D eigenvalue weighted by Crippen LogP contribution is -2.23. The minimum atomic E-state index is -1.29. The number of hydrogen-bond donors (Lipinski definition) is 1. The van der Waals surface area contributed by atoms with E-state index in [9.17, 15) is 9.50 Å². The van der Waals surface area contributed by atoms with Crippen LogP contribution in [0.3, 0.4) is 0 Å². The molecule has 78 valence electrons. The van der Waals surface area contributed by atoms with E-state index in [0.29, 0.717) is 4.88 Å². The Hall–Kier alpha value is -1.26. The van der Waals surface area contributed by atoms with Gasteiger partial charge < -0.3 is 5.11 Å². The molecule has 0 fully saturated rings. The Balaban J connectivity index is 2.51. The zero-order valence-corrected chi connectivity index (χ0v) is 8.96. The molecule has 0 aliphatic carbocycles. The number of halogens is 1. The SMILES string of the molecule is CC(O)(c1cccs1)c1ccncc1F. The average molecular weight is 223 g/mol. The summed E-state index contributed by atoms with van der Waals surface area (Å²) < 4.78 is 13.5. The highest BCUT2D eigenvalue weighted by atomic mass is 32.1. The topological polar surface area (TPSA) is 33.1 Å². The Bertz CT molecular complexity index is 453. The largest absolute Gasteiger partial charge is 0.380 e. The molecule has 2 rings (SSSR count). The molecular formula is C11H10FNOS. The molecule has 1 unspecified atom stereocenters. The van der Waals surface area contributed by atoms with Gasteiger partial charge in [0.1, 0.15) is 11.4 Å². The first-order valence-corrected chi connectivity index (χ1v) is 5.36. The van der Waals surface area contributed by atoms with Crippen LogP contribution in [0.15, 0.2) is 36.0 Å². The summed E-state index contributed by atoms with van der Waals surface area (Å²) in [6, 6.07) is 5.10. The first-order chi connectivity index (χ1) is 7.12. The molecule has 0 spiro atoms. The Morgan fingerprint density at radius 2 is 2.27 bits per heavy atom. The Labute approximate surface area is 91.0 Å². The standard InChI is InChI=1S/C11H10FNOS/c1-11(14,10-3-2-6-15-10)8-4-5-13-7-9(8)12/h2-7,14H,1H3. The number of pyridine rings is 1. The van der Waals surface area contributed by atoms with Crippen LogP contribution in [-0.2, 0) is 5.60 Å². The third kappa shape index (κ3) is 1.78. The molecule has 0 bridgehead atoms. The molecule has 0 radical (unpaired) electrons. The Kier molecular flexibility index (Phi) is 2.54. The van der Waals surface area contributed by atoms with Crippen LogP contribution in [-0.4, -0.2) is 10.1 Å². The van der Waals surface area contributed by atoms with Gasteiger partial charge in [0, 0.05) is 16.6 Å². The van der Waals surface area contributed by atoms with E-state index in [1.54, 1.807) is 13.0 Å². The van der Waals surface area contributed by atoms with Crippen molar-refractivity contribution in [2.45, 2.75) is 12.5 Å². The molecule has 0 saturated carbocycles. The Morgan fingerprint density at radius 1 is 1.47 bits per heavy atom. The van der Waals surface area contributed by atoms with Crippen LogP contribution in [0.5, 0.6) is 0 Å². The van der Waals surface area contributed by atoms with Crippen molar-refractivity contribution in [3.05, 3.63) is 52.2 Å². The smallest absolute Gasteiger partial charge is 0.147 e. The van der Waals surface area contributed by atoms with E-state index in [0.717, 1.165) is 6.20 Å². The molecule has 0 amide bonds. The van der Waals surface area contributed by atoms with Crippen LogP contribution in [0.4, 0.5) is 4.39 Å². The maximum Gasteiger partial charge on any atom is 0.147 e. The molecule has 0 saturated heterocycles. The van der Waals surface area contributed by atoms with Gasteiger partial charge in [0.15, 0.2) is 0 Å². The molecule has 15 heavy (non-hydrogen) atoms. The average Bonchev–Trinajstić information content (AvgIpc) is 2.71. The molecule has 0 aliphatic rings. The van der Waals surface area contributed by atoms with Gasteiger partial charge in [-0.1, -0.05) is 6.07 Å². The number of aromatic nitrogens is 1. The van der Waals surface area contributed by atoms with Gasteiger partial charge in [0.2, 0.25) is 0 Å². The predicted octanol–water partition coefficient (Wildman–Crippen LogP) is 2.54. The van der Waals surface area contributed by atoms with E-state index < -0.39 is 11.4 Å². The van der Waals surface area contributed by atoms with Crippen LogP contribution >= 0.6 is 11.3 Å². The van der Waals surface area contributed by atoms with Crippen LogP contribution in [0.1, 0.15) is 17.4 Å². The second-order valence-corrected chi connectivity index (χ2v) is 4.35. The van der Waals surface area contributed by atoms with E-state index >= 15 is 0 Å². The summed E-state index contributed by atoms with van der Waals surface area (Å²) in [6.45, 7) is 1.58. The quantitative estimate of drug-likeness (QED) is 0.848. The van der Waals surface area contributed by atoms with Crippen molar-refractivity contribution in [1.29, 1.82) is 0 Å². The number of rotatable bonds is 2. The van der Waals surface area contributed by atoms with Gasteiger partial charge in [-0.05, 0) is 24.4 Å². The zero-order valence-electron chi connectivity index (χ0n) is 8.14. The summed E-state index contributed by atoms with van der Waals surface area (Å²) in [5.74, 6) is -0.490. The highest BCUT2D eigenvalue weighted by Gasteiger charge is 2.29. The lowest BCUT2D eigenvalue weighted by Gasteiger charge is -2.22. The highest BCUT2D eigenvalue weighted by Crippen LogP contribution is 2.33. The van der Waals surface area contributed by atoms with Crippen LogP contribution in [0.2, 0.25) is 0 Å². The van der Waals surface area contributed by atoms with Crippen molar-refractivity contribution >= 4 is 11.3 Å². The van der Waals surface area contributed by atoms with Gasteiger partial charge in [-0.2, -0.15) is 0 Å². The molecule has 4 heteroatoms. The fraction of sp³-hybridized carbons (Fsp3) is 0.182. The molecule has 0 aliphatic heterocycles. The van der Waals surface area contributed by atoms with E-state index in [4.69, 9.17) is 0 Å². The van der Waals surface area contributed by atoms with Gasteiger partial charge in [-0.25, -0.2) is 4.39 Å². The van der Waals surface area contributed by atoms with E-state index in [1.165, 1.54) is 23.6 Å². The summed E-state index contributed by atoms with van der Waals surface area (Å²) >= 11 is 1.40. The fourth-order valence-corrected chi connectivity index (χ4v) is 2.26. The van der Waals surface area contributed by atoms with Crippen molar-refractivity contribution in [2.24, 2.45) is 0 Å². The van der Waals surface area contributed by atoms with E-state index in [-0.39, 0.29) is 5.56 Å². The second-order valence-electron chi connectivity index (χ2n) is 3.41. The monoisotopic (exact) mass is 223 g/mol. The van der Waals surface area contributed by atoms with Crippen LogP contribution < -0.4 is 0 Å². The van der Waals surface area contributed by atoms with E-state index in [1.807, 2.05) is 11.4 Å². The van der Waals surface area contributed by atoms with Gasteiger partial charge in [-0.15, -0.1) is 11.3 Å². The third-order valence-electron chi connectivity index (χ3n) is 2.30. The molecule has 2 aromatic heterocycles. The number of aliphatic hydroxyl groups is 1. The molecule has 1 N–H and O–H groups in total. The zero-order chi connectivity index (χ0) is 10.9. The van der Waals surface area contributed by atoms with Crippen molar-refractivity contribution < 1.29 is 9.50 Å². The van der Waals surface area contributed by atoms with Crippen LogP contribution in [0, 0.1) is 5.82 Å². The summed E-state index contributed by atoms with van der Waals surface area (Å²) in [5.41, 5.74) is -1.04. The first-order valence-electron chi connectivity index (χ1n) is 4.48. The first kappa shape index (κ1) is 10.3. The van der Waals surface area contributed by atoms with Crippen molar-refractivity contribution in [2.75, 3.05) is 0 Å². The van der Waals surface area contributed by atoms with Gasteiger partial charge in [0.05, 0.1) is 6.20 Å². The number of thiophene rings is 1. The maximum atomic E-state index is 13.5. The maximum absolute atomic E-state index is 13.5. The molecule has 2 nitrogen and oxygen atoms in total. The lowest BCUT2D eigenvalue weighted by atomic mass is 9.95. The Morgan fingerprint density at radius 3 is 2.87 bits per heavy atom. The minimum Gasteiger partial charge on any atom is -0.380 e. The number of nitrogens with zero attached hydrogens (tertiary/aromatic N) is 1. The van der Waals surface area contributed by atoms with Crippen molar-refractivity contribution in [1.82, 2.24) is 4.98 Å². The minimum absolute atomic E-state index is 0.250. The highest BCUT2D eigenvalue weighted by molar-refractivity contribution is 7.10. The van der Waals surface area contributed by atoms with Crippen LogP contribution in [0.25, 0.3) is 0 Å². The van der Waals surface area contributed by atoms with Crippen molar-refractivity contribution in [3.8, 4) is 0 Å². The fourth-order valence-electron chi connectivity index (χ4n) is 1.46. The van der Waals surface area contributed by atoms with Crippen molar-refractivity contribution in [3.63, 3.8) is 0 Å². The van der Waals surface area contributed by atoms with E-state index in [2.05, 4.69) is 4.98 Å². The molecular weight excluding hydrogens is 213 g/mol. The molecule has 2 aromatic rings. The van der Waals surface area contributed by atoms with Gasteiger partial charge in [0.25, 0.3) is 0 Å². The second kappa shape index (κ2) is 3.72. The third-order valence-corrected chi connectivity index (χ3v) is 3.38. The number of hydrogen-bond acceptors (Lipinski definition) is 3. The summed E-state index contributed by atoms with van der Waals surface area (Å²) in [5, 5.41) is 12.1. The molecule has 2 heterocycles. The predicted molar refractivity (Wildman–Crippen MR) is 57.2 cm³/mol. The van der Waals surface area contributed by atoms with Gasteiger partial charge in [-0.3, -0.25) is 4.98 Å². The lowest BCUT2D eigenvalue weighted by molar-refractivity contribution is 0.102. The summed E-state index contributed by atoms with van der Waals surface area (Å²) in [7, 11) is 0. The van der Waals surface area contributed by atoms with Gasteiger partial charge >= 0.3 is 0 Å². The summed E-state index contributed by atoms with van der Waals surface area (Å²) in [6.07, 6.45) is 2.58. The molecule has 0 aromatic carbocycles. The normalized spacial score (nSPS) is 14.9. The molecule has 1 atom stereocenters.